The second-order valence-corrected chi connectivity index (χ2v) is 22.0. The van der Waals surface area contributed by atoms with Crippen molar-refractivity contribution in [2.24, 2.45) is 0 Å². The van der Waals surface area contributed by atoms with Crippen molar-refractivity contribution in [1.82, 2.24) is 0 Å². The van der Waals surface area contributed by atoms with Crippen LogP contribution in [-0.4, -0.2) is 89.2 Å². The number of aliphatic carboxylic acids is 1. The molecule has 6 atom stereocenters. The van der Waals surface area contributed by atoms with Gasteiger partial charge in [0.2, 0.25) is 0 Å². The van der Waals surface area contributed by atoms with Gasteiger partial charge in [-0.3, -0.25) is 14.4 Å². The van der Waals surface area contributed by atoms with E-state index in [4.69, 9.17) is 23.7 Å². The van der Waals surface area contributed by atoms with Crippen LogP contribution >= 0.6 is 0 Å². The van der Waals surface area contributed by atoms with Crippen LogP contribution in [0.25, 0.3) is 0 Å². The van der Waals surface area contributed by atoms with E-state index in [2.05, 4.69) is 130 Å². The van der Waals surface area contributed by atoms with Gasteiger partial charge in [0.05, 0.1) is 6.61 Å². The Hall–Kier alpha value is -4.62. The van der Waals surface area contributed by atoms with Crippen LogP contribution in [0.2, 0.25) is 0 Å². The molecule has 3 N–H and O–H groups in total. The zero-order valence-corrected chi connectivity index (χ0v) is 52.2. The van der Waals surface area contributed by atoms with Crippen molar-refractivity contribution in [1.29, 1.82) is 0 Å². The molecular weight excluding hydrogens is 1040 g/mol. The van der Waals surface area contributed by atoms with Crippen LogP contribution in [0, 0.1) is 0 Å². The number of esters is 3. The third-order valence-electron chi connectivity index (χ3n) is 14.3. The van der Waals surface area contributed by atoms with E-state index in [0.717, 1.165) is 128 Å². The molecule has 12 nitrogen and oxygen atoms in total. The quantitative estimate of drug-likeness (QED) is 0.0228. The maximum atomic E-state index is 13.2. The maximum Gasteiger partial charge on any atom is 0.335 e. The molecule has 0 amide bonds. The lowest BCUT2D eigenvalue weighted by atomic mass is 9.98. The molecule has 12 heteroatoms. The van der Waals surface area contributed by atoms with Gasteiger partial charge in [-0.1, -0.05) is 226 Å². The van der Waals surface area contributed by atoms with Crippen molar-refractivity contribution in [2.45, 2.75) is 302 Å². The number of allylic oxidation sites excluding steroid dienone is 18. The van der Waals surface area contributed by atoms with Crippen molar-refractivity contribution in [3.63, 3.8) is 0 Å². The largest absolute Gasteiger partial charge is 0.479 e. The second kappa shape index (κ2) is 57.8. The van der Waals surface area contributed by atoms with Gasteiger partial charge >= 0.3 is 23.9 Å². The van der Waals surface area contributed by atoms with Crippen molar-refractivity contribution < 1.29 is 58.2 Å². The van der Waals surface area contributed by atoms with Gasteiger partial charge in [0.25, 0.3) is 0 Å². The van der Waals surface area contributed by atoms with E-state index in [-0.39, 0.29) is 25.9 Å². The van der Waals surface area contributed by atoms with E-state index in [1.165, 1.54) is 77.0 Å². The summed E-state index contributed by atoms with van der Waals surface area (Å²) < 4.78 is 28.5. The zero-order valence-electron chi connectivity index (χ0n) is 52.2. The highest BCUT2D eigenvalue weighted by molar-refractivity contribution is 5.74. The standard InChI is InChI=1S/C71H116O12/c1-4-7-10-13-16-19-22-25-28-30-32-34-37-39-42-45-48-51-54-57-63(72)79-60-62(81-64(73)58-55-52-49-46-43-40-36-27-24-21-18-15-12-9-6-3)61-80-71-69(67(76)66(75)68(83-71)70(77)78)82-65(74)59-56-53-50-47-44-41-38-35-33-31-29-26-23-20-17-14-11-8-5-2/h8,11,16-21,25-29,33,35-36,41,44,62,66-69,71,75-76H,4-7,9-10,12-15,22-24,30-32,34,37-40,42-43,45-61H2,1-3H3,(H,77,78)/b11-8-,19-16-,20-17-,21-18-,28-25-,29-26-,35-33-,36-27-,44-41-. The number of carbonyl (C=O) groups is 4. The minimum Gasteiger partial charge on any atom is -0.479 e. The molecule has 0 saturated carbocycles. The Balaban J connectivity index is 2.69. The summed E-state index contributed by atoms with van der Waals surface area (Å²) in [5.74, 6) is -3.19. The van der Waals surface area contributed by atoms with Crippen LogP contribution in [-0.2, 0) is 42.9 Å². The van der Waals surface area contributed by atoms with Crippen molar-refractivity contribution in [2.75, 3.05) is 13.2 Å². The highest BCUT2D eigenvalue weighted by Gasteiger charge is 2.50. The monoisotopic (exact) mass is 1160 g/mol. The van der Waals surface area contributed by atoms with Gasteiger partial charge in [-0.15, -0.1) is 0 Å². The predicted octanol–water partition coefficient (Wildman–Crippen LogP) is 17.8. The Bertz CT molecular complexity index is 1860. The van der Waals surface area contributed by atoms with E-state index in [9.17, 15) is 34.5 Å². The predicted molar refractivity (Wildman–Crippen MR) is 340 cm³/mol. The highest BCUT2D eigenvalue weighted by atomic mass is 16.7. The molecule has 472 valence electrons. The number of aliphatic hydroxyl groups excluding tert-OH is 2. The van der Waals surface area contributed by atoms with Crippen LogP contribution in [0.3, 0.4) is 0 Å². The molecule has 0 aliphatic carbocycles. The lowest BCUT2D eigenvalue weighted by Crippen LogP contribution is -2.61. The molecule has 1 saturated heterocycles. The summed E-state index contributed by atoms with van der Waals surface area (Å²) >= 11 is 0. The number of unbranched alkanes of at least 4 members (excludes halogenated alkanes) is 23. The van der Waals surface area contributed by atoms with Gasteiger partial charge in [-0.25, -0.2) is 4.79 Å². The molecule has 1 aliphatic heterocycles. The lowest BCUT2D eigenvalue weighted by Gasteiger charge is -2.40. The van der Waals surface area contributed by atoms with Crippen molar-refractivity contribution in [3.8, 4) is 0 Å². The van der Waals surface area contributed by atoms with Crippen LogP contribution < -0.4 is 0 Å². The first-order chi connectivity index (χ1) is 40.6. The number of carboxylic acid groups (broad SMARTS) is 1. The molecule has 0 radical (unpaired) electrons. The van der Waals surface area contributed by atoms with E-state index in [1.807, 2.05) is 0 Å². The zero-order chi connectivity index (χ0) is 60.3. The SMILES string of the molecule is CC/C=C\C/C=C\C/C=C\C/C=C\C/C=C\CCCCCC(=O)OC1C(OCC(COC(=O)CCCCCCCCCCC/C=C\C/C=C\CCCCC)OC(=O)CCCCCCC/C=C\C/C=C\CCCCC)OC(C(=O)O)C(O)C1O. The number of ether oxygens (including phenoxy) is 5. The Kier molecular flexibility index (Phi) is 53.2. The summed E-state index contributed by atoms with van der Waals surface area (Å²) in [6.45, 7) is 5.82. The first kappa shape index (κ1) is 76.4. The third-order valence-corrected chi connectivity index (χ3v) is 14.3. The van der Waals surface area contributed by atoms with Gasteiger partial charge in [0.15, 0.2) is 24.6 Å². The molecule has 0 aromatic heterocycles. The van der Waals surface area contributed by atoms with Crippen molar-refractivity contribution in [3.05, 3.63) is 109 Å². The highest BCUT2D eigenvalue weighted by Crippen LogP contribution is 2.26. The van der Waals surface area contributed by atoms with Crippen LogP contribution in [0.5, 0.6) is 0 Å². The van der Waals surface area contributed by atoms with Gasteiger partial charge < -0.3 is 39.0 Å². The Morgan fingerprint density at radius 1 is 0.410 bits per heavy atom. The number of hydrogen-bond donors (Lipinski definition) is 3. The molecule has 0 spiro atoms. The summed E-state index contributed by atoms with van der Waals surface area (Å²) in [6.07, 6.45) is 66.1. The molecule has 6 unspecified atom stereocenters. The first-order valence-corrected chi connectivity index (χ1v) is 32.9. The molecule has 1 heterocycles. The van der Waals surface area contributed by atoms with E-state index < -0.39 is 67.3 Å². The smallest absolute Gasteiger partial charge is 0.335 e. The fraction of sp³-hybridized carbons (Fsp3) is 0.690. The summed E-state index contributed by atoms with van der Waals surface area (Å²) in [6, 6.07) is 0. The molecule has 83 heavy (non-hydrogen) atoms. The van der Waals surface area contributed by atoms with Gasteiger partial charge in [-0.05, 0) is 128 Å². The molecule has 1 rings (SSSR count). The molecule has 0 aromatic carbocycles. The molecule has 0 aromatic rings. The number of hydrogen-bond acceptors (Lipinski definition) is 11. The van der Waals surface area contributed by atoms with Crippen LogP contribution in [0.1, 0.15) is 265 Å². The summed E-state index contributed by atoms with van der Waals surface area (Å²) in [7, 11) is 0. The van der Waals surface area contributed by atoms with Gasteiger partial charge in [0.1, 0.15) is 18.8 Å². The van der Waals surface area contributed by atoms with Crippen molar-refractivity contribution >= 4 is 23.9 Å². The van der Waals surface area contributed by atoms with E-state index in [0.29, 0.717) is 19.3 Å². The third kappa shape index (κ3) is 47.3. The molecule has 0 bridgehead atoms. The summed E-state index contributed by atoms with van der Waals surface area (Å²) in [4.78, 5) is 51.4. The minimum absolute atomic E-state index is 0.0145. The fourth-order valence-corrected chi connectivity index (χ4v) is 9.28. The molecular formula is C71H116O12. The number of carbonyl (C=O) groups excluding carboxylic acids is 3. The Morgan fingerprint density at radius 2 is 0.759 bits per heavy atom. The average molecular weight is 1160 g/mol. The topological polar surface area (TPSA) is 175 Å². The number of carboxylic acids is 1. The van der Waals surface area contributed by atoms with Gasteiger partial charge in [-0.2, -0.15) is 0 Å². The average Bonchev–Trinajstić information content (AvgIpc) is 3.60. The maximum absolute atomic E-state index is 13.2. The van der Waals surface area contributed by atoms with Crippen LogP contribution in [0.15, 0.2) is 109 Å². The normalized spacial score (nSPS) is 18.3. The Labute approximate surface area is 504 Å². The second-order valence-electron chi connectivity index (χ2n) is 22.0. The number of rotatable bonds is 55. The minimum atomic E-state index is -1.92. The van der Waals surface area contributed by atoms with E-state index in [1.54, 1.807) is 0 Å². The van der Waals surface area contributed by atoms with Gasteiger partial charge in [0, 0.05) is 19.3 Å². The fourth-order valence-electron chi connectivity index (χ4n) is 9.28. The first-order valence-electron chi connectivity index (χ1n) is 32.9. The van der Waals surface area contributed by atoms with E-state index >= 15 is 0 Å². The number of aliphatic hydroxyl groups is 2. The van der Waals surface area contributed by atoms with Crippen LogP contribution in [0.4, 0.5) is 0 Å². The summed E-state index contributed by atoms with van der Waals surface area (Å²) in [5.41, 5.74) is 0. The Morgan fingerprint density at radius 3 is 1.17 bits per heavy atom. The summed E-state index contributed by atoms with van der Waals surface area (Å²) in [5, 5.41) is 31.6. The molecule has 1 fully saturated rings. The molecule has 1 aliphatic rings. The lowest BCUT2D eigenvalue weighted by molar-refractivity contribution is -0.301.